The number of ether oxygens (including phenoxy) is 1. The second kappa shape index (κ2) is 7.90. The van der Waals surface area contributed by atoms with Gasteiger partial charge in [-0.3, -0.25) is 4.79 Å². The van der Waals surface area contributed by atoms with E-state index < -0.39 is 0 Å². The summed E-state index contributed by atoms with van der Waals surface area (Å²) in [6.07, 6.45) is 0.759. The summed E-state index contributed by atoms with van der Waals surface area (Å²) in [4.78, 5) is 13.7. The van der Waals surface area contributed by atoms with Gasteiger partial charge in [0.2, 0.25) is 0 Å². The molecule has 0 fully saturated rings. The molecule has 1 atom stereocenters. The molecule has 0 spiro atoms. The van der Waals surface area contributed by atoms with Gasteiger partial charge in [0.1, 0.15) is 0 Å². The fourth-order valence-corrected chi connectivity index (χ4v) is 3.21. The van der Waals surface area contributed by atoms with Gasteiger partial charge < -0.3 is 9.84 Å². The molecule has 0 heterocycles. The van der Waals surface area contributed by atoms with Crippen LogP contribution in [-0.2, 0) is 0 Å². The largest absolute Gasteiger partial charge is 0.504 e. The second-order valence-corrected chi connectivity index (χ2v) is 6.24. The van der Waals surface area contributed by atoms with Crippen LogP contribution in [-0.4, -0.2) is 23.8 Å². The number of para-hydroxylation sites is 1. The van der Waals surface area contributed by atoms with Crippen LogP contribution in [0.3, 0.4) is 0 Å². The van der Waals surface area contributed by atoms with Crippen LogP contribution in [0.4, 0.5) is 0 Å². The summed E-state index contributed by atoms with van der Waals surface area (Å²) in [6, 6.07) is 15.1. The number of hydrogen-bond acceptors (Lipinski definition) is 4. The lowest BCUT2D eigenvalue weighted by Gasteiger charge is -2.13. The maximum Gasteiger partial charge on any atom is 0.169 e. The molecule has 0 aromatic heterocycles. The highest BCUT2D eigenvalue weighted by Gasteiger charge is 2.20. The monoisotopic (exact) mass is 316 g/mol. The third-order valence-corrected chi connectivity index (χ3v) is 4.54. The normalized spacial score (nSPS) is 11.9. The molecular formula is C18H20O3S. The Labute approximate surface area is 135 Å². The zero-order valence-electron chi connectivity index (χ0n) is 12.8. The lowest BCUT2D eigenvalue weighted by Crippen LogP contribution is -2.12. The first kappa shape index (κ1) is 16.4. The summed E-state index contributed by atoms with van der Waals surface area (Å²) in [5.41, 5.74) is 0.330. The number of thioether (sulfide) groups is 1. The molecule has 0 amide bonds. The van der Waals surface area contributed by atoms with Crippen LogP contribution in [0.1, 0.15) is 23.7 Å². The first-order valence-corrected chi connectivity index (χ1v) is 8.20. The van der Waals surface area contributed by atoms with Gasteiger partial charge in [0.25, 0.3) is 0 Å². The van der Waals surface area contributed by atoms with Crippen LogP contribution in [0.5, 0.6) is 11.5 Å². The van der Waals surface area contributed by atoms with E-state index in [4.69, 9.17) is 4.74 Å². The Morgan fingerprint density at radius 1 is 1.18 bits per heavy atom. The van der Waals surface area contributed by atoms with Gasteiger partial charge in [-0.2, -0.15) is 0 Å². The van der Waals surface area contributed by atoms with Crippen molar-refractivity contribution in [2.45, 2.75) is 18.2 Å². The van der Waals surface area contributed by atoms with Gasteiger partial charge >= 0.3 is 0 Å². The molecular weight excluding hydrogens is 296 g/mol. The summed E-state index contributed by atoms with van der Waals surface area (Å²) in [6.45, 7) is 1.90. The van der Waals surface area contributed by atoms with Crippen molar-refractivity contribution in [2.24, 2.45) is 5.92 Å². The first-order chi connectivity index (χ1) is 10.6. The van der Waals surface area contributed by atoms with Gasteiger partial charge in [-0.1, -0.05) is 31.2 Å². The van der Waals surface area contributed by atoms with E-state index in [1.807, 2.05) is 25.1 Å². The molecule has 22 heavy (non-hydrogen) atoms. The number of aromatic hydroxyl groups is 1. The van der Waals surface area contributed by atoms with E-state index >= 15 is 0 Å². The highest BCUT2D eigenvalue weighted by atomic mass is 32.2. The number of methoxy groups -OCH3 is 1. The molecule has 2 rings (SSSR count). The number of phenols is 1. The fraction of sp³-hybridized carbons (Fsp3) is 0.278. The summed E-state index contributed by atoms with van der Waals surface area (Å²) in [5.74, 6) is 0.926. The van der Waals surface area contributed by atoms with Crippen molar-refractivity contribution in [3.05, 3.63) is 54.1 Å². The van der Waals surface area contributed by atoms with Gasteiger partial charge in [0.15, 0.2) is 17.3 Å². The summed E-state index contributed by atoms with van der Waals surface area (Å²) >= 11 is 1.73. The molecule has 2 aromatic rings. The fourth-order valence-electron chi connectivity index (χ4n) is 2.15. The van der Waals surface area contributed by atoms with Crippen molar-refractivity contribution in [1.29, 1.82) is 0 Å². The Morgan fingerprint density at radius 3 is 2.59 bits per heavy atom. The summed E-state index contributed by atoms with van der Waals surface area (Å²) in [7, 11) is 1.48. The molecule has 3 nitrogen and oxygen atoms in total. The lowest BCUT2D eigenvalue weighted by molar-refractivity contribution is 0.0924. The van der Waals surface area contributed by atoms with Crippen LogP contribution in [0.25, 0.3) is 0 Å². The number of Topliss-reactive ketones (excluding diaryl/α,β-unsaturated/α-hetero) is 1. The van der Waals surface area contributed by atoms with E-state index in [1.165, 1.54) is 12.0 Å². The summed E-state index contributed by atoms with van der Waals surface area (Å²) < 4.78 is 5.05. The molecule has 0 aliphatic heterocycles. The van der Waals surface area contributed by atoms with Gasteiger partial charge in [-0.15, -0.1) is 11.8 Å². The summed E-state index contributed by atoms with van der Waals surface area (Å²) in [5, 5.41) is 10.1. The van der Waals surface area contributed by atoms with E-state index in [0.717, 1.165) is 12.2 Å². The van der Waals surface area contributed by atoms with Gasteiger partial charge in [0.05, 0.1) is 12.7 Å². The average molecular weight is 316 g/mol. The predicted octanol–water partition coefficient (Wildman–Crippen LogP) is 4.40. The number of carbonyl (C=O) groups is 1. The Bertz CT molecular complexity index is 625. The van der Waals surface area contributed by atoms with E-state index in [-0.39, 0.29) is 17.5 Å². The number of ketones is 1. The van der Waals surface area contributed by atoms with Crippen LogP contribution in [0, 0.1) is 5.92 Å². The minimum absolute atomic E-state index is 0.0509. The smallest absolute Gasteiger partial charge is 0.169 e. The van der Waals surface area contributed by atoms with Crippen LogP contribution < -0.4 is 4.74 Å². The maximum absolute atomic E-state index is 12.5. The first-order valence-electron chi connectivity index (χ1n) is 7.21. The molecule has 1 unspecified atom stereocenters. The number of benzene rings is 2. The molecule has 0 saturated carbocycles. The number of carbonyl (C=O) groups excluding carboxylic acids is 1. The minimum atomic E-state index is -0.144. The third kappa shape index (κ3) is 4.04. The van der Waals surface area contributed by atoms with Gasteiger partial charge in [-0.05, 0) is 36.4 Å². The highest BCUT2D eigenvalue weighted by Crippen LogP contribution is 2.32. The second-order valence-electron chi connectivity index (χ2n) is 5.07. The SMILES string of the molecule is COc1cccc(C(=O)C(C)CCSc2ccccc2)c1O. The zero-order chi connectivity index (χ0) is 15.9. The van der Waals surface area contributed by atoms with Crippen LogP contribution in [0.15, 0.2) is 53.4 Å². The Hall–Kier alpha value is -1.94. The molecule has 116 valence electrons. The zero-order valence-corrected chi connectivity index (χ0v) is 13.6. The van der Waals surface area contributed by atoms with Gasteiger partial charge in [0, 0.05) is 10.8 Å². The Balaban J connectivity index is 1.95. The van der Waals surface area contributed by atoms with Crippen molar-refractivity contribution >= 4 is 17.5 Å². The van der Waals surface area contributed by atoms with Crippen LogP contribution >= 0.6 is 11.8 Å². The van der Waals surface area contributed by atoms with Crippen molar-refractivity contribution in [1.82, 2.24) is 0 Å². The van der Waals surface area contributed by atoms with E-state index in [0.29, 0.717) is 11.3 Å². The van der Waals surface area contributed by atoms with E-state index in [1.54, 1.807) is 30.0 Å². The molecule has 0 aliphatic rings. The third-order valence-electron chi connectivity index (χ3n) is 3.49. The quantitative estimate of drug-likeness (QED) is 0.607. The van der Waals surface area contributed by atoms with E-state index in [9.17, 15) is 9.90 Å². The molecule has 0 radical (unpaired) electrons. The van der Waals surface area contributed by atoms with Gasteiger partial charge in [-0.25, -0.2) is 0 Å². The minimum Gasteiger partial charge on any atom is -0.504 e. The molecule has 4 heteroatoms. The number of hydrogen-bond donors (Lipinski definition) is 1. The van der Waals surface area contributed by atoms with Crippen LogP contribution in [0.2, 0.25) is 0 Å². The maximum atomic E-state index is 12.5. The Morgan fingerprint density at radius 2 is 1.91 bits per heavy atom. The van der Waals surface area contributed by atoms with Crippen molar-refractivity contribution in [2.75, 3.05) is 12.9 Å². The molecule has 1 N–H and O–H groups in total. The molecule has 2 aromatic carbocycles. The Kier molecular flexibility index (Phi) is 5.90. The highest BCUT2D eigenvalue weighted by molar-refractivity contribution is 7.99. The molecule has 0 saturated heterocycles. The van der Waals surface area contributed by atoms with Crippen molar-refractivity contribution in [3.8, 4) is 11.5 Å². The predicted molar refractivity (Wildman–Crippen MR) is 89.9 cm³/mol. The average Bonchev–Trinajstić information content (AvgIpc) is 2.55. The number of rotatable bonds is 7. The molecule has 0 aliphatic carbocycles. The molecule has 0 bridgehead atoms. The lowest BCUT2D eigenvalue weighted by atomic mass is 9.96. The van der Waals surface area contributed by atoms with Crippen molar-refractivity contribution in [3.63, 3.8) is 0 Å². The van der Waals surface area contributed by atoms with E-state index in [2.05, 4.69) is 12.1 Å². The number of phenolic OH excluding ortho intramolecular Hbond substituents is 1. The topological polar surface area (TPSA) is 46.5 Å². The van der Waals surface area contributed by atoms with Crippen molar-refractivity contribution < 1.29 is 14.6 Å². The standard InChI is InChI=1S/C18H20O3S/c1-13(11-12-22-14-7-4-3-5-8-14)17(19)15-9-6-10-16(21-2)18(15)20/h3-10,13,20H,11-12H2,1-2H3.